The Balaban J connectivity index is 3.13. The summed E-state index contributed by atoms with van der Waals surface area (Å²) in [7, 11) is -3.13. The molecule has 0 aliphatic rings. The van der Waals surface area contributed by atoms with E-state index in [1.54, 1.807) is 13.8 Å². The third-order valence-corrected chi connectivity index (χ3v) is 4.17. The van der Waals surface area contributed by atoms with E-state index in [4.69, 9.17) is 0 Å². The molecule has 0 saturated carbocycles. The fraction of sp³-hybridized carbons (Fsp3) is 0.600. The van der Waals surface area contributed by atoms with E-state index in [1.165, 1.54) is 0 Å². The van der Waals surface area contributed by atoms with Crippen LogP contribution >= 0.6 is 11.3 Å². The molecular weight excluding hydrogens is 184 g/mol. The Kier molecular flexibility index (Phi) is 2.24. The predicted molar refractivity (Wildman–Crippen MR) is 42.4 cm³/mol. The monoisotopic (exact) mass is 192 g/mol. The highest BCUT2D eigenvalue weighted by Gasteiger charge is 2.15. The van der Waals surface area contributed by atoms with Gasteiger partial charge in [-0.2, -0.15) is 0 Å². The summed E-state index contributed by atoms with van der Waals surface area (Å²) in [6, 6.07) is 0. The third-order valence-electron chi connectivity index (χ3n) is 1.15. The number of sulfone groups is 1. The lowest BCUT2D eigenvalue weighted by atomic mass is 10.9. The Morgan fingerprint density at radius 3 is 2.45 bits per heavy atom. The summed E-state index contributed by atoms with van der Waals surface area (Å²) in [4.78, 5) is 0. The van der Waals surface area contributed by atoms with Gasteiger partial charge in [-0.05, 0) is 6.92 Å². The van der Waals surface area contributed by atoms with Crippen LogP contribution in [0.5, 0.6) is 0 Å². The molecular formula is C5H8N2O2S2. The van der Waals surface area contributed by atoms with Gasteiger partial charge >= 0.3 is 0 Å². The summed E-state index contributed by atoms with van der Waals surface area (Å²) in [5, 5.41) is 7.84. The Labute approximate surface area is 69.2 Å². The second-order valence-electron chi connectivity index (χ2n) is 1.99. The predicted octanol–water partition coefficient (Wildman–Crippen LogP) is 0.640. The Morgan fingerprint density at radius 2 is 2.09 bits per heavy atom. The molecule has 6 heteroatoms. The minimum absolute atomic E-state index is 0.0850. The van der Waals surface area contributed by atoms with E-state index in [9.17, 15) is 8.42 Å². The maximum absolute atomic E-state index is 11.1. The zero-order valence-corrected chi connectivity index (χ0v) is 7.87. The number of nitrogens with zero attached hydrogens (tertiary/aromatic N) is 2. The molecule has 0 aliphatic carbocycles. The molecule has 1 rings (SSSR count). The molecule has 0 N–H and O–H groups in total. The van der Waals surface area contributed by atoms with Gasteiger partial charge in [0, 0.05) is 0 Å². The highest BCUT2D eigenvalue weighted by molar-refractivity contribution is 7.93. The number of hydrogen-bond acceptors (Lipinski definition) is 5. The standard InChI is InChI=1S/C5H8N2O2S2/c1-3-11(8,9)5-7-6-4(2)10-5/h3H2,1-2H3. The first kappa shape index (κ1) is 8.61. The number of rotatable bonds is 2. The van der Waals surface area contributed by atoms with Crippen molar-refractivity contribution in [2.45, 2.75) is 18.2 Å². The zero-order valence-electron chi connectivity index (χ0n) is 6.23. The molecule has 0 radical (unpaired) electrons. The highest BCUT2D eigenvalue weighted by Crippen LogP contribution is 2.15. The second kappa shape index (κ2) is 2.86. The van der Waals surface area contributed by atoms with Gasteiger partial charge in [-0.1, -0.05) is 18.3 Å². The summed E-state index contributed by atoms with van der Waals surface area (Å²) < 4.78 is 22.4. The summed E-state index contributed by atoms with van der Waals surface area (Å²) in [6.07, 6.45) is 0. The second-order valence-corrected chi connectivity index (χ2v) is 5.62. The van der Waals surface area contributed by atoms with E-state index in [1.807, 2.05) is 0 Å². The lowest BCUT2D eigenvalue weighted by Crippen LogP contribution is -2.02. The minimum atomic E-state index is -3.13. The molecule has 0 atom stereocenters. The zero-order chi connectivity index (χ0) is 8.48. The van der Waals surface area contributed by atoms with E-state index < -0.39 is 9.84 Å². The Bertz CT molecular complexity index is 341. The average Bonchev–Trinajstić information content (AvgIpc) is 2.36. The molecule has 4 nitrogen and oxygen atoms in total. The van der Waals surface area contributed by atoms with Crippen LogP contribution in [0, 0.1) is 6.92 Å². The molecule has 0 aliphatic heterocycles. The van der Waals surface area contributed by atoms with Crippen molar-refractivity contribution in [1.29, 1.82) is 0 Å². The smallest absolute Gasteiger partial charge is 0.221 e. The van der Waals surface area contributed by atoms with Crippen LogP contribution < -0.4 is 0 Å². The van der Waals surface area contributed by atoms with Crippen LogP contribution in [-0.4, -0.2) is 24.4 Å². The van der Waals surface area contributed by atoms with E-state index in [0.717, 1.165) is 11.3 Å². The molecule has 1 aromatic heterocycles. The Hall–Kier alpha value is -0.490. The molecule has 0 bridgehead atoms. The van der Waals surface area contributed by atoms with Gasteiger partial charge in [0.15, 0.2) is 0 Å². The minimum Gasteiger partial charge on any atom is -0.221 e. The van der Waals surface area contributed by atoms with Crippen molar-refractivity contribution in [2.75, 3.05) is 5.75 Å². The molecule has 62 valence electrons. The maximum Gasteiger partial charge on any atom is 0.232 e. The van der Waals surface area contributed by atoms with Crippen LogP contribution in [0.1, 0.15) is 11.9 Å². The van der Waals surface area contributed by atoms with Gasteiger partial charge in [0.1, 0.15) is 5.01 Å². The summed E-state index contributed by atoms with van der Waals surface area (Å²) in [6.45, 7) is 3.32. The lowest BCUT2D eigenvalue weighted by molar-refractivity contribution is 0.595. The molecule has 0 fully saturated rings. The molecule has 1 aromatic rings. The fourth-order valence-electron chi connectivity index (χ4n) is 0.528. The van der Waals surface area contributed by atoms with Crippen LogP contribution in [0.15, 0.2) is 4.34 Å². The van der Waals surface area contributed by atoms with Crippen LogP contribution in [0.3, 0.4) is 0 Å². The molecule has 1 heterocycles. The molecule has 0 unspecified atom stereocenters. The van der Waals surface area contributed by atoms with Gasteiger partial charge in [0.25, 0.3) is 0 Å². The van der Waals surface area contributed by atoms with Gasteiger partial charge in [-0.25, -0.2) is 8.42 Å². The van der Waals surface area contributed by atoms with Crippen LogP contribution in [-0.2, 0) is 9.84 Å². The molecule has 11 heavy (non-hydrogen) atoms. The molecule has 0 aromatic carbocycles. The third kappa shape index (κ3) is 1.75. The van der Waals surface area contributed by atoms with E-state index >= 15 is 0 Å². The van der Waals surface area contributed by atoms with Gasteiger partial charge in [-0.3, -0.25) is 0 Å². The Morgan fingerprint density at radius 1 is 1.45 bits per heavy atom. The van der Waals surface area contributed by atoms with Crippen molar-refractivity contribution in [3.63, 3.8) is 0 Å². The van der Waals surface area contributed by atoms with Gasteiger partial charge in [0.05, 0.1) is 5.75 Å². The maximum atomic E-state index is 11.1. The normalized spacial score (nSPS) is 11.8. The van der Waals surface area contributed by atoms with Gasteiger partial charge in [-0.15, -0.1) is 10.2 Å². The largest absolute Gasteiger partial charge is 0.232 e. The first-order chi connectivity index (χ1) is 5.06. The van der Waals surface area contributed by atoms with Gasteiger partial charge < -0.3 is 0 Å². The first-order valence-corrected chi connectivity index (χ1v) is 5.56. The summed E-state index contributed by atoms with van der Waals surface area (Å²) in [5.41, 5.74) is 0. The summed E-state index contributed by atoms with van der Waals surface area (Å²) >= 11 is 1.11. The van der Waals surface area contributed by atoms with E-state index in [2.05, 4.69) is 10.2 Å². The van der Waals surface area contributed by atoms with Crippen molar-refractivity contribution in [3.05, 3.63) is 5.01 Å². The SMILES string of the molecule is CCS(=O)(=O)c1nnc(C)s1. The average molecular weight is 192 g/mol. The number of aromatic nitrogens is 2. The van der Waals surface area contributed by atoms with Crippen LogP contribution in [0.2, 0.25) is 0 Å². The first-order valence-electron chi connectivity index (χ1n) is 3.09. The fourth-order valence-corrected chi connectivity index (χ4v) is 2.58. The van der Waals surface area contributed by atoms with Crippen molar-refractivity contribution < 1.29 is 8.42 Å². The summed E-state index contributed by atoms with van der Waals surface area (Å²) in [5.74, 6) is 0.0850. The quantitative estimate of drug-likeness (QED) is 0.690. The molecule has 0 saturated heterocycles. The van der Waals surface area contributed by atoms with Crippen molar-refractivity contribution >= 4 is 21.2 Å². The number of hydrogen-bond donors (Lipinski definition) is 0. The number of aryl methyl sites for hydroxylation is 1. The topological polar surface area (TPSA) is 59.9 Å². The molecule has 0 amide bonds. The van der Waals surface area contributed by atoms with E-state index in [-0.39, 0.29) is 10.1 Å². The van der Waals surface area contributed by atoms with Crippen molar-refractivity contribution in [3.8, 4) is 0 Å². The van der Waals surface area contributed by atoms with Crippen LogP contribution in [0.4, 0.5) is 0 Å². The highest BCUT2D eigenvalue weighted by atomic mass is 32.2. The molecule has 0 spiro atoms. The lowest BCUT2D eigenvalue weighted by Gasteiger charge is -1.90. The van der Waals surface area contributed by atoms with Crippen molar-refractivity contribution in [1.82, 2.24) is 10.2 Å². The van der Waals surface area contributed by atoms with Crippen molar-refractivity contribution in [2.24, 2.45) is 0 Å². The van der Waals surface area contributed by atoms with Crippen LogP contribution in [0.25, 0.3) is 0 Å². The van der Waals surface area contributed by atoms with E-state index in [0.29, 0.717) is 5.01 Å². The van der Waals surface area contributed by atoms with Gasteiger partial charge in [0.2, 0.25) is 14.2 Å².